The number of nitrogens with one attached hydrogen (secondary N) is 2. The summed E-state index contributed by atoms with van der Waals surface area (Å²) >= 11 is 0. The largest absolute Gasteiger partial charge is 0.496 e. The molecule has 0 saturated carbocycles. The normalized spacial score (nSPS) is 17.0. The maximum Gasteiger partial charge on any atom is 0.404 e. The van der Waals surface area contributed by atoms with Crippen molar-refractivity contribution in [1.82, 2.24) is 20.2 Å². The number of hydrogen-bond acceptors (Lipinski definition) is 4. The Morgan fingerprint density at radius 1 is 1.35 bits per heavy atom. The first-order valence-corrected chi connectivity index (χ1v) is 10.6. The van der Waals surface area contributed by atoms with Gasteiger partial charge in [0.05, 0.1) is 7.11 Å². The molecule has 1 saturated heterocycles. The first-order valence-electron chi connectivity index (χ1n) is 10.6. The Kier molecular flexibility index (Phi) is 6.36. The lowest BCUT2D eigenvalue weighted by atomic mass is 9.94. The maximum absolute atomic E-state index is 14.0. The minimum atomic E-state index is -0.979. The highest BCUT2D eigenvalue weighted by atomic mass is 19.1. The van der Waals surface area contributed by atoms with Crippen molar-refractivity contribution in [3.8, 4) is 16.9 Å². The maximum atomic E-state index is 14.0. The number of carboxylic acid groups (broad SMARTS) is 1. The summed E-state index contributed by atoms with van der Waals surface area (Å²) in [5, 5.41) is 12.1. The number of likely N-dealkylation sites (tertiary alicyclic amines) is 1. The van der Waals surface area contributed by atoms with Gasteiger partial charge < -0.3 is 25.0 Å². The molecule has 1 aliphatic heterocycles. The summed E-state index contributed by atoms with van der Waals surface area (Å²) in [6.45, 7) is 3.26. The second-order valence-electron chi connectivity index (χ2n) is 7.92. The Hall–Kier alpha value is -3.13. The van der Waals surface area contributed by atoms with Crippen LogP contribution in [0.1, 0.15) is 30.9 Å². The lowest BCUT2D eigenvalue weighted by Crippen LogP contribution is -2.36. The van der Waals surface area contributed by atoms with E-state index in [1.807, 2.05) is 6.07 Å². The second kappa shape index (κ2) is 9.34. The Morgan fingerprint density at radius 2 is 2.23 bits per heavy atom. The number of aromatic amines is 1. The monoisotopic (exact) mass is 426 g/mol. The minimum absolute atomic E-state index is 0.308. The Balaban J connectivity index is 1.55. The predicted molar refractivity (Wildman–Crippen MR) is 117 cm³/mol. The number of amides is 1. The second-order valence-corrected chi connectivity index (χ2v) is 7.92. The summed E-state index contributed by atoms with van der Waals surface area (Å²) < 4.78 is 19.4. The predicted octanol–water partition coefficient (Wildman–Crippen LogP) is 4.21. The molecule has 1 aliphatic rings. The van der Waals surface area contributed by atoms with E-state index in [0.29, 0.717) is 23.8 Å². The number of piperidine rings is 1. The molecule has 1 aromatic carbocycles. The van der Waals surface area contributed by atoms with Gasteiger partial charge in [0, 0.05) is 41.8 Å². The highest BCUT2D eigenvalue weighted by Gasteiger charge is 2.23. The van der Waals surface area contributed by atoms with Gasteiger partial charge in [0.2, 0.25) is 0 Å². The highest BCUT2D eigenvalue weighted by molar-refractivity contribution is 5.95. The molecule has 31 heavy (non-hydrogen) atoms. The van der Waals surface area contributed by atoms with E-state index in [1.165, 1.54) is 12.1 Å². The van der Waals surface area contributed by atoms with E-state index in [2.05, 4.69) is 26.3 Å². The number of methoxy groups -OCH3 is 1. The standard InChI is InChI=1S/C23H27FN4O3/c1-31-21-6-5-16(24)12-18(21)17-7-9-25-22-19(17)13-20(27-22)15-4-2-10-28(14-15)11-3-8-26-23(29)30/h5-7,9,12-13,15,26H,2-4,8,10-11,14H2,1H3,(H,25,27)(H,29,30). The van der Waals surface area contributed by atoms with Crippen LogP contribution in [0.4, 0.5) is 9.18 Å². The number of carbonyl (C=O) groups is 1. The summed E-state index contributed by atoms with van der Waals surface area (Å²) in [6, 6.07) is 8.55. The molecule has 3 N–H and O–H groups in total. The molecule has 4 rings (SSSR count). The number of nitrogens with zero attached hydrogens (tertiary/aromatic N) is 2. The van der Waals surface area contributed by atoms with Crippen molar-refractivity contribution in [3.05, 3.63) is 48.0 Å². The van der Waals surface area contributed by atoms with Crippen LogP contribution < -0.4 is 10.1 Å². The zero-order valence-corrected chi connectivity index (χ0v) is 17.5. The van der Waals surface area contributed by atoms with Gasteiger partial charge in [0.15, 0.2) is 0 Å². The summed E-state index contributed by atoms with van der Waals surface area (Å²) in [4.78, 5) is 20.9. The van der Waals surface area contributed by atoms with E-state index in [0.717, 1.165) is 61.2 Å². The summed E-state index contributed by atoms with van der Waals surface area (Å²) in [6.07, 6.45) is 3.70. The molecular formula is C23H27FN4O3. The molecule has 8 heteroatoms. The number of rotatable bonds is 7. The fourth-order valence-corrected chi connectivity index (χ4v) is 4.40. The van der Waals surface area contributed by atoms with Gasteiger partial charge in [-0.2, -0.15) is 0 Å². The molecule has 0 bridgehead atoms. The number of H-pyrrole nitrogens is 1. The average Bonchev–Trinajstić information content (AvgIpc) is 3.21. The zero-order chi connectivity index (χ0) is 21.8. The molecule has 0 aliphatic carbocycles. The first kappa shape index (κ1) is 21.1. The van der Waals surface area contributed by atoms with E-state index in [-0.39, 0.29) is 5.82 Å². The number of hydrogen-bond donors (Lipinski definition) is 3. The quantitative estimate of drug-likeness (QED) is 0.492. The molecule has 1 amide bonds. The van der Waals surface area contributed by atoms with Crippen LogP contribution in [0.2, 0.25) is 0 Å². The fourth-order valence-electron chi connectivity index (χ4n) is 4.40. The molecular weight excluding hydrogens is 399 g/mol. The third-order valence-corrected chi connectivity index (χ3v) is 5.88. The van der Waals surface area contributed by atoms with Crippen LogP contribution in [0.5, 0.6) is 5.75 Å². The number of aromatic nitrogens is 2. The molecule has 1 fully saturated rings. The van der Waals surface area contributed by atoms with Gasteiger partial charge in [0.1, 0.15) is 17.2 Å². The van der Waals surface area contributed by atoms with Gasteiger partial charge in [-0.05, 0) is 68.2 Å². The van der Waals surface area contributed by atoms with Crippen molar-refractivity contribution in [1.29, 1.82) is 0 Å². The average molecular weight is 426 g/mol. The van der Waals surface area contributed by atoms with E-state index < -0.39 is 6.09 Å². The van der Waals surface area contributed by atoms with E-state index in [4.69, 9.17) is 9.84 Å². The van der Waals surface area contributed by atoms with Crippen molar-refractivity contribution in [2.45, 2.75) is 25.2 Å². The van der Waals surface area contributed by atoms with Crippen LogP contribution in [0.25, 0.3) is 22.2 Å². The van der Waals surface area contributed by atoms with E-state index in [1.54, 1.807) is 19.4 Å². The molecule has 1 atom stereocenters. The number of pyridine rings is 1. The molecule has 7 nitrogen and oxygen atoms in total. The smallest absolute Gasteiger partial charge is 0.404 e. The topological polar surface area (TPSA) is 90.5 Å². The van der Waals surface area contributed by atoms with Crippen molar-refractivity contribution < 1.29 is 19.0 Å². The van der Waals surface area contributed by atoms with Crippen molar-refractivity contribution in [2.75, 3.05) is 33.3 Å². The Labute approximate surface area is 180 Å². The first-order chi connectivity index (χ1) is 15.0. The molecule has 164 valence electrons. The van der Waals surface area contributed by atoms with Crippen LogP contribution in [0.3, 0.4) is 0 Å². The number of ether oxygens (including phenoxy) is 1. The van der Waals surface area contributed by atoms with Crippen LogP contribution in [0, 0.1) is 5.82 Å². The number of halogens is 1. The van der Waals surface area contributed by atoms with Crippen LogP contribution in [0.15, 0.2) is 36.5 Å². The molecule has 1 unspecified atom stereocenters. The van der Waals surface area contributed by atoms with E-state index in [9.17, 15) is 9.18 Å². The Bertz CT molecular complexity index is 1070. The van der Waals surface area contributed by atoms with Gasteiger partial charge in [0.25, 0.3) is 0 Å². The van der Waals surface area contributed by atoms with Gasteiger partial charge in [-0.1, -0.05) is 0 Å². The highest BCUT2D eigenvalue weighted by Crippen LogP contribution is 2.37. The van der Waals surface area contributed by atoms with Crippen LogP contribution >= 0.6 is 0 Å². The molecule has 3 heterocycles. The van der Waals surface area contributed by atoms with Crippen LogP contribution in [-0.4, -0.2) is 59.4 Å². The fraction of sp³-hybridized carbons (Fsp3) is 0.391. The summed E-state index contributed by atoms with van der Waals surface area (Å²) in [5.74, 6) is 0.657. The SMILES string of the molecule is COc1ccc(F)cc1-c1ccnc2[nH]c(C3CCCN(CCCNC(=O)O)C3)cc12. The third-order valence-electron chi connectivity index (χ3n) is 5.88. The molecule has 0 radical (unpaired) electrons. The van der Waals surface area contributed by atoms with Gasteiger partial charge in [-0.15, -0.1) is 0 Å². The number of benzene rings is 1. The van der Waals surface area contributed by atoms with Gasteiger partial charge in [-0.3, -0.25) is 0 Å². The lowest BCUT2D eigenvalue weighted by molar-refractivity contribution is 0.188. The van der Waals surface area contributed by atoms with Crippen LogP contribution in [-0.2, 0) is 0 Å². The van der Waals surface area contributed by atoms with Crippen molar-refractivity contribution in [3.63, 3.8) is 0 Å². The summed E-state index contributed by atoms with van der Waals surface area (Å²) in [7, 11) is 1.58. The Morgan fingerprint density at radius 3 is 3.03 bits per heavy atom. The van der Waals surface area contributed by atoms with Crippen molar-refractivity contribution in [2.24, 2.45) is 0 Å². The number of fused-ring (bicyclic) bond motifs is 1. The van der Waals surface area contributed by atoms with E-state index >= 15 is 0 Å². The van der Waals surface area contributed by atoms with Gasteiger partial charge in [-0.25, -0.2) is 14.2 Å². The molecule has 0 spiro atoms. The minimum Gasteiger partial charge on any atom is -0.496 e. The molecule has 3 aromatic rings. The zero-order valence-electron chi connectivity index (χ0n) is 17.5. The van der Waals surface area contributed by atoms with Gasteiger partial charge >= 0.3 is 6.09 Å². The lowest BCUT2D eigenvalue weighted by Gasteiger charge is -2.32. The molecule has 2 aromatic heterocycles. The van der Waals surface area contributed by atoms with Crippen molar-refractivity contribution >= 4 is 17.1 Å². The third kappa shape index (κ3) is 4.80. The summed E-state index contributed by atoms with van der Waals surface area (Å²) in [5.41, 5.74) is 3.49.